The number of benzene rings is 1. The second kappa shape index (κ2) is 5.52. The summed E-state index contributed by atoms with van der Waals surface area (Å²) in [4.78, 5) is 6.02. The van der Waals surface area contributed by atoms with Crippen molar-refractivity contribution in [2.45, 2.75) is 19.4 Å². The van der Waals surface area contributed by atoms with Crippen molar-refractivity contribution < 1.29 is 0 Å². The number of nitrogens with zero attached hydrogens (tertiary/aromatic N) is 4. The minimum atomic E-state index is -0.182. The van der Waals surface area contributed by atoms with Gasteiger partial charge in [-0.3, -0.25) is 0 Å². The molecule has 0 aliphatic heterocycles. The van der Waals surface area contributed by atoms with Gasteiger partial charge in [0.1, 0.15) is 5.69 Å². The van der Waals surface area contributed by atoms with Crippen LogP contribution in [0.5, 0.6) is 0 Å². The van der Waals surface area contributed by atoms with Crippen LogP contribution in [0.25, 0.3) is 5.69 Å². The molecule has 0 saturated carbocycles. The van der Waals surface area contributed by atoms with E-state index < -0.39 is 0 Å². The summed E-state index contributed by atoms with van der Waals surface area (Å²) in [7, 11) is 0. The summed E-state index contributed by atoms with van der Waals surface area (Å²) >= 11 is 1.63. The highest BCUT2D eigenvalue weighted by Gasteiger charge is 2.13. The maximum Gasteiger partial charge on any atom is 0.100 e. The van der Waals surface area contributed by atoms with E-state index in [2.05, 4.69) is 15.2 Å². The van der Waals surface area contributed by atoms with Crippen molar-refractivity contribution in [1.29, 1.82) is 0 Å². The molecular weight excluding hydrogens is 270 g/mol. The van der Waals surface area contributed by atoms with E-state index in [0.29, 0.717) is 6.42 Å². The smallest absolute Gasteiger partial charge is 0.100 e. The van der Waals surface area contributed by atoms with Gasteiger partial charge in [-0.15, -0.1) is 11.3 Å². The molecule has 0 aliphatic carbocycles. The molecule has 2 N–H and O–H groups in total. The summed E-state index contributed by atoms with van der Waals surface area (Å²) < 4.78 is 0. The molecule has 0 bridgehead atoms. The van der Waals surface area contributed by atoms with E-state index in [1.54, 1.807) is 22.3 Å². The fraction of sp³-hybridized carbons (Fsp3) is 0.214. The van der Waals surface area contributed by atoms with Crippen molar-refractivity contribution in [2.24, 2.45) is 5.73 Å². The molecule has 1 aromatic carbocycles. The molecule has 2 heterocycles. The van der Waals surface area contributed by atoms with Crippen LogP contribution >= 0.6 is 11.3 Å². The zero-order chi connectivity index (χ0) is 13.9. The van der Waals surface area contributed by atoms with Gasteiger partial charge in [0.2, 0.25) is 0 Å². The Bertz CT molecular complexity index is 688. The minimum absolute atomic E-state index is 0.182. The number of hydrogen-bond acceptors (Lipinski definition) is 5. The fourth-order valence-electron chi connectivity index (χ4n) is 1.92. The summed E-state index contributed by atoms with van der Waals surface area (Å²) in [6.07, 6.45) is 2.41. The lowest BCUT2D eigenvalue weighted by Crippen LogP contribution is -2.14. The highest BCUT2D eigenvalue weighted by Crippen LogP contribution is 2.17. The van der Waals surface area contributed by atoms with E-state index in [4.69, 9.17) is 5.73 Å². The van der Waals surface area contributed by atoms with Gasteiger partial charge in [0.15, 0.2) is 0 Å². The molecule has 0 amide bonds. The molecule has 2 aromatic heterocycles. The van der Waals surface area contributed by atoms with E-state index >= 15 is 0 Å². The van der Waals surface area contributed by atoms with Crippen LogP contribution in [0.15, 0.2) is 41.9 Å². The zero-order valence-corrected chi connectivity index (χ0v) is 11.9. The largest absolute Gasteiger partial charge is 0.322 e. The predicted octanol–water partition coefficient (Wildman–Crippen LogP) is 2.27. The molecule has 1 atom stereocenters. The van der Waals surface area contributed by atoms with Crippen molar-refractivity contribution in [1.82, 2.24) is 20.0 Å². The van der Waals surface area contributed by atoms with Crippen molar-refractivity contribution in [2.75, 3.05) is 0 Å². The van der Waals surface area contributed by atoms with Gasteiger partial charge in [-0.1, -0.05) is 18.2 Å². The number of thiazole rings is 1. The molecule has 0 spiro atoms. The van der Waals surface area contributed by atoms with Crippen LogP contribution in [0.4, 0.5) is 0 Å². The molecule has 0 aliphatic rings. The summed E-state index contributed by atoms with van der Waals surface area (Å²) in [6.45, 7) is 1.98. The molecule has 0 fully saturated rings. The van der Waals surface area contributed by atoms with Gasteiger partial charge in [0.25, 0.3) is 0 Å². The second-order valence-corrected chi connectivity index (χ2v) is 5.53. The Balaban J connectivity index is 1.76. The standard InChI is InChI=1S/C14H15N5S/c1-10-9-20-14(17-10)7-12(15)13-8-16-19(18-13)11-5-3-2-4-6-11/h2-6,8-9,12H,7,15H2,1H3. The first-order valence-corrected chi connectivity index (χ1v) is 7.24. The summed E-state index contributed by atoms with van der Waals surface area (Å²) in [5.41, 5.74) is 8.92. The molecule has 20 heavy (non-hydrogen) atoms. The third kappa shape index (κ3) is 2.76. The molecule has 1 unspecified atom stereocenters. The van der Waals surface area contributed by atoms with Crippen LogP contribution in [-0.4, -0.2) is 20.0 Å². The van der Waals surface area contributed by atoms with Crippen molar-refractivity contribution in [3.63, 3.8) is 0 Å². The Morgan fingerprint density at radius 2 is 2.10 bits per heavy atom. The Kier molecular flexibility index (Phi) is 3.58. The van der Waals surface area contributed by atoms with Crippen molar-refractivity contribution in [3.8, 4) is 5.69 Å². The predicted molar refractivity (Wildman–Crippen MR) is 78.8 cm³/mol. The highest BCUT2D eigenvalue weighted by molar-refractivity contribution is 7.09. The first-order valence-electron chi connectivity index (χ1n) is 6.36. The van der Waals surface area contributed by atoms with Gasteiger partial charge in [-0.25, -0.2) is 4.98 Å². The van der Waals surface area contributed by atoms with Crippen LogP contribution in [0.3, 0.4) is 0 Å². The van der Waals surface area contributed by atoms with Crippen LogP contribution in [-0.2, 0) is 6.42 Å². The quantitative estimate of drug-likeness (QED) is 0.798. The van der Waals surface area contributed by atoms with E-state index in [-0.39, 0.29) is 6.04 Å². The lowest BCUT2D eigenvalue weighted by atomic mass is 10.2. The van der Waals surface area contributed by atoms with Crippen LogP contribution in [0, 0.1) is 6.92 Å². The monoisotopic (exact) mass is 285 g/mol. The molecular formula is C14H15N5S. The van der Waals surface area contributed by atoms with Gasteiger partial charge in [0.05, 0.1) is 22.9 Å². The van der Waals surface area contributed by atoms with E-state index in [1.807, 2.05) is 42.6 Å². The summed E-state index contributed by atoms with van der Waals surface area (Å²) in [6, 6.07) is 9.61. The minimum Gasteiger partial charge on any atom is -0.322 e. The van der Waals surface area contributed by atoms with Crippen molar-refractivity contribution >= 4 is 11.3 Å². The molecule has 6 heteroatoms. The highest BCUT2D eigenvalue weighted by atomic mass is 32.1. The first kappa shape index (κ1) is 13.0. The maximum absolute atomic E-state index is 6.18. The summed E-state index contributed by atoms with van der Waals surface area (Å²) in [5, 5.41) is 11.8. The Hall–Kier alpha value is -2.05. The Labute approximate surface area is 121 Å². The van der Waals surface area contributed by atoms with E-state index in [9.17, 15) is 0 Å². The fourth-order valence-corrected chi connectivity index (χ4v) is 2.75. The average Bonchev–Trinajstić information content (AvgIpc) is 3.09. The first-order chi connectivity index (χ1) is 9.72. The van der Waals surface area contributed by atoms with Crippen LogP contribution in [0.2, 0.25) is 0 Å². The average molecular weight is 285 g/mol. The van der Waals surface area contributed by atoms with Gasteiger partial charge in [-0.2, -0.15) is 15.0 Å². The van der Waals surface area contributed by atoms with Crippen molar-refractivity contribution in [3.05, 3.63) is 58.3 Å². The third-order valence-electron chi connectivity index (χ3n) is 2.94. The normalized spacial score (nSPS) is 12.5. The van der Waals surface area contributed by atoms with Crippen LogP contribution < -0.4 is 5.73 Å². The van der Waals surface area contributed by atoms with E-state index in [0.717, 1.165) is 22.1 Å². The molecule has 5 nitrogen and oxygen atoms in total. The SMILES string of the molecule is Cc1csc(CC(N)c2cnn(-c3ccccc3)n2)n1. The number of aryl methyl sites for hydroxylation is 1. The molecule has 0 radical (unpaired) electrons. The lowest BCUT2D eigenvalue weighted by Gasteiger charge is -2.05. The van der Waals surface area contributed by atoms with Crippen LogP contribution in [0.1, 0.15) is 22.4 Å². The zero-order valence-electron chi connectivity index (χ0n) is 11.1. The van der Waals surface area contributed by atoms with Gasteiger partial charge >= 0.3 is 0 Å². The topological polar surface area (TPSA) is 69.6 Å². The number of nitrogens with two attached hydrogens (primary N) is 1. The molecule has 102 valence electrons. The molecule has 3 rings (SSSR count). The number of rotatable bonds is 4. The van der Waals surface area contributed by atoms with E-state index in [1.165, 1.54) is 0 Å². The van der Waals surface area contributed by atoms with Gasteiger partial charge in [-0.05, 0) is 19.1 Å². The lowest BCUT2D eigenvalue weighted by molar-refractivity contribution is 0.663. The Morgan fingerprint density at radius 1 is 1.30 bits per heavy atom. The number of para-hydroxylation sites is 1. The van der Waals surface area contributed by atoms with Gasteiger partial charge in [0, 0.05) is 17.5 Å². The molecule has 0 saturated heterocycles. The maximum atomic E-state index is 6.18. The number of aromatic nitrogens is 4. The molecule has 3 aromatic rings. The number of hydrogen-bond donors (Lipinski definition) is 1. The summed E-state index contributed by atoms with van der Waals surface area (Å²) in [5.74, 6) is 0. The third-order valence-corrected chi connectivity index (χ3v) is 3.93. The second-order valence-electron chi connectivity index (χ2n) is 4.59. The van der Waals surface area contributed by atoms with Gasteiger partial charge < -0.3 is 5.73 Å². The Morgan fingerprint density at radius 3 is 2.80 bits per heavy atom.